The molecule has 1 unspecified atom stereocenters. The number of sulfone groups is 2. The highest BCUT2D eigenvalue weighted by Gasteiger charge is 2.45. The molecule has 1 N–H and O–H groups in total. The number of nitrogens with zero attached hydrogens (tertiary/aromatic N) is 1. The van der Waals surface area contributed by atoms with Gasteiger partial charge >= 0.3 is 0 Å². The van der Waals surface area contributed by atoms with E-state index < -0.39 is 36.6 Å². The minimum absolute atomic E-state index is 0.0368. The van der Waals surface area contributed by atoms with Crippen LogP contribution in [0.5, 0.6) is 0 Å². The molecule has 0 spiro atoms. The van der Waals surface area contributed by atoms with Crippen molar-refractivity contribution < 1.29 is 21.6 Å². The fourth-order valence-electron chi connectivity index (χ4n) is 3.70. The summed E-state index contributed by atoms with van der Waals surface area (Å²) in [5.74, 6) is -1.03. The smallest absolute Gasteiger partial charge is 0.251 e. The zero-order valence-corrected chi connectivity index (χ0v) is 18.7. The van der Waals surface area contributed by atoms with E-state index in [2.05, 4.69) is 10.2 Å². The lowest BCUT2D eigenvalue weighted by molar-refractivity contribution is 0.0947. The topological polar surface area (TPSA) is 101 Å². The number of likely N-dealkylation sites (N-methyl/N-ethyl adjacent to an activating group) is 1. The molecule has 2 aromatic carbocycles. The molecular formula is C21H26N2O5S2. The van der Waals surface area contributed by atoms with E-state index in [4.69, 9.17) is 0 Å². The molecule has 30 heavy (non-hydrogen) atoms. The standard InChI is InChI=1S/C21H26N2O5S2/c1-3-23(4-2)14-13-22-21(24)17-11-8-12-18-20(17)19(15-29(18,25)26)30(27,28)16-9-6-5-7-10-16/h5-12,19H,3-4,13-15H2,1-2H3,(H,22,24). The average Bonchev–Trinajstić information content (AvgIpc) is 3.03. The van der Waals surface area contributed by atoms with Crippen molar-refractivity contribution in [1.82, 2.24) is 10.2 Å². The van der Waals surface area contributed by atoms with Crippen molar-refractivity contribution >= 4 is 25.6 Å². The number of benzene rings is 2. The van der Waals surface area contributed by atoms with Gasteiger partial charge in [0.05, 0.1) is 15.5 Å². The first-order valence-corrected chi connectivity index (χ1v) is 13.1. The van der Waals surface area contributed by atoms with Crippen LogP contribution in [0, 0.1) is 0 Å². The number of hydrogen-bond donors (Lipinski definition) is 1. The van der Waals surface area contributed by atoms with Crippen LogP contribution in [0.25, 0.3) is 0 Å². The summed E-state index contributed by atoms with van der Waals surface area (Å²) in [6, 6.07) is 12.1. The van der Waals surface area contributed by atoms with Crippen molar-refractivity contribution in [3.8, 4) is 0 Å². The molecule has 0 fully saturated rings. The number of fused-ring (bicyclic) bond motifs is 1. The highest BCUT2D eigenvalue weighted by Crippen LogP contribution is 2.42. The molecule has 162 valence electrons. The van der Waals surface area contributed by atoms with Gasteiger partial charge < -0.3 is 10.2 Å². The van der Waals surface area contributed by atoms with E-state index in [0.717, 1.165) is 13.1 Å². The quantitative estimate of drug-likeness (QED) is 0.661. The van der Waals surface area contributed by atoms with E-state index >= 15 is 0 Å². The van der Waals surface area contributed by atoms with Gasteiger partial charge in [0.15, 0.2) is 19.7 Å². The van der Waals surface area contributed by atoms with Crippen LogP contribution in [-0.4, -0.2) is 59.6 Å². The van der Waals surface area contributed by atoms with Crippen LogP contribution in [0.3, 0.4) is 0 Å². The maximum atomic E-state index is 13.2. The van der Waals surface area contributed by atoms with Gasteiger partial charge in [0.1, 0.15) is 5.25 Å². The van der Waals surface area contributed by atoms with Gasteiger partial charge in [-0.25, -0.2) is 16.8 Å². The average molecular weight is 451 g/mol. The van der Waals surface area contributed by atoms with Gasteiger partial charge in [0.25, 0.3) is 5.91 Å². The Kier molecular flexibility index (Phi) is 6.64. The van der Waals surface area contributed by atoms with Crippen LogP contribution in [0.1, 0.15) is 35.0 Å². The van der Waals surface area contributed by atoms with Crippen LogP contribution in [0.2, 0.25) is 0 Å². The summed E-state index contributed by atoms with van der Waals surface area (Å²) in [7, 11) is -7.80. The number of carbonyl (C=O) groups excluding carboxylic acids is 1. The minimum atomic E-state index is -3.99. The lowest BCUT2D eigenvalue weighted by atomic mass is 10.0. The molecule has 0 bridgehead atoms. The molecule has 0 radical (unpaired) electrons. The molecule has 0 saturated heterocycles. The molecule has 1 heterocycles. The number of carbonyl (C=O) groups is 1. The second-order valence-electron chi connectivity index (χ2n) is 7.13. The summed E-state index contributed by atoms with van der Waals surface area (Å²) in [6.45, 7) is 6.79. The van der Waals surface area contributed by atoms with E-state index in [1.54, 1.807) is 18.2 Å². The molecule has 1 aliphatic heterocycles. The van der Waals surface area contributed by atoms with Crippen LogP contribution in [0.15, 0.2) is 58.3 Å². The molecule has 1 aliphatic rings. The zero-order chi connectivity index (χ0) is 21.9. The van der Waals surface area contributed by atoms with Gasteiger partial charge in [-0.2, -0.15) is 0 Å². The third kappa shape index (κ3) is 4.28. The fourth-order valence-corrected chi connectivity index (χ4v) is 8.08. The lowest BCUT2D eigenvalue weighted by Gasteiger charge is -2.19. The second kappa shape index (κ2) is 8.87. The van der Waals surface area contributed by atoms with Crippen LogP contribution >= 0.6 is 0 Å². The molecule has 7 nitrogen and oxygen atoms in total. The largest absolute Gasteiger partial charge is 0.351 e. The Morgan fingerprint density at radius 3 is 2.37 bits per heavy atom. The normalized spacial score (nSPS) is 17.6. The SMILES string of the molecule is CCN(CC)CCNC(=O)c1cccc2c1C(S(=O)(=O)c1ccccc1)CS2(=O)=O. The Bertz CT molecular complexity index is 1130. The monoisotopic (exact) mass is 450 g/mol. The Morgan fingerprint density at radius 1 is 1.07 bits per heavy atom. The van der Waals surface area contributed by atoms with Crippen molar-refractivity contribution in [2.24, 2.45) is 0 Å². The maximum Gasteiger partial charge on any atom is 0.251 e. The first kappa shape index (κ1) is 22.5. The molecule has 3 rings (SSSR count). The van der Waals surface area contributed by atoms with E-state index in [-0.39, 0.29) is 20.9 Å². The first-order chi connectivity index (χ1) is 14.2. The summed E-state index contributed by atoms with van der Waals surface area (Å²) in [5.41, 5.74) is 0.166. The van der Waals surface area contributed by atoms with Crippen LogP contribution in [0.4, 0.5) is 0 Å². The van der Waals surface area contributed by atoms with E-state index in [1.807, 2.05) is 13.8 Å². The fraction of sp³-hybridized carbons (Fsp3) is 0.381. The predicted molar refractivity (Wildman–Crippen MR) is 115 cm³/mol. The number of nitrogens with one attached hydrogen (secondary N) is 1. The van der Waals surface area contributed by atoms with Crippen LogP contribution in [-0.2, 0) is 19.7 Å². The van der Waals surface area contributed by atoms with Crippen molar-refractivity contribution in [2.45, 2.75) is 28.9 Å². The van der Waals surface area contributed by atoms with Gasteiger partial charge in [-0.05, 0) is 37.4 Å². The summed E-state index contributed by atoms with van der Waals surface area (Å²) in [6.07, 6.45) is 0. The Balaban J connectivity index is 1.98. The van der Waals surface area contributed by atoms with Gasteiger partial charge in [-0.3, -0.25) is 4.79 Å². The number of hydrogen-bond acceptors (Lipinski definition) is 6. The molecule has 2 aromatic rings. The minimum Gasteiger partial charge on any atom is -0.351 e. The third-order valence-corrected chi connectivity index (χ3v) is 9.48. The maximum absolute atomic E-state index is 13.2. The zero-order valence-electron chi connectivity index (χ0n) is 17.0. The van der Waals surface area contributed by atoms with Crippen molar-refractivity contribution in [3.63, 3.8) is 0 Å². The Labute approximate surface area is 177 Å². The third-order valence-electron chi connectivity index (χ3n) is 5.39. The number of amides is 1. The summed E-state index contributed by atoms with van der Waals surface area (Å²) in [4.78, 5) is 15.0. The van der Waals surface area contributed by atoms with E-state index in [0.29, 0.717) is 13.1 Å². The van der Waals surface area contributed by atoms with E-state index in [1.165, 1.54) is 30.3 Å². The second-order valence-corrected chi connectivity index (χ2v) is 11.3. The predicted octanol–water partition coefficient (Wildman–Crippen LogP) is 2.06. The highest BCUT2D eigenvalue weighted by atomic mass is 32.2. The van der Waals surface area contributed by atoms with Crippen LogP contribution < -0.4 is 5.32 Å². The van der Waals surface area contributed by atoms with Gasteiger partial charge in [0, 0.05) is 24.2 Å². The highest BCUT2D eigenvalue weighted by molar-refractivity contribution is 7.96. The molecule has 1 amide bonds. The summed E-state index contributed by atoms with van der Waals surface area (Å²) in [5, 5.41) is 1.48. The summed E-state index contributed by atoms with van der Waals surface area (Å²) >= 11 is 0. The Hall–Kier alpha value is -2.23. The van der Waals surface area contributed by atoms with Crippen molar-refractivity contribution in [3.05, 3.63) is 59.7 Å². The molecule has 0 aliphatic carbocycles. The molecule has 9 heteroatoms. The molecule has 1 atom stereocenters. The molecule has 0 aromatic heterocycles. The van der Waals surface area contributed by atoms with Gasteiger partial charge in [-0.15, -0.1) is 0 Å². The first-order valence-electron chi connectivity index (χ1n) is 9.87. The number of rotatable bonds is 8. The van der Waals surface area contributed by atoms with Crippen molar-refractivity contribution in [2.75, 3.05) is 31.9 Å². The van der Waals surface area contributed by atoms with Gasteiger partial charge in [0.2, 0.25) is 0 Å². The lowest BCUT2D eigenvalue weighted by Crippen LogP contribution is -2.35. The molecule has 0 saturated carbocycles. The van der Waals surface area contributed by atoms with Crippen molar-refractivity contribution in [1.29, 1.82) is 0 Å². The van der Waals surface area contributed by atoms with Gasteiger partial charge in [-0.1, -0.05) is 38.1 Å². The Morgan fingerprint density at radius 2 is 1.73 bits per heavy atom. The van der Waals surface area contributed by atoms with E-state index in [9.17, 15) is 21.6 Å². The summed E-state index contributed by atoms with van der Waals surface area (Å²) < 4.78 is 51.9. The molecular weight excluding hydrogens is 424 g/mol.